The number of rotatable bonds is 3. The van der Waals surface area contributed by atoms with Crippen LogP contribution in [0.1, 0.15) is 36.7 Å². The summed E-state index contributed by atoms with van der Waals surface area (Å²) < 4.78 is 0. The fourth-order valence-electron chi connectivity index (χ4n) is 3.26. The Morgan fingerprint density at radius 1 is 1.17 bits per heavy atom. The maximum absolute atomic E-state index is 12.6. The van der Waals surface area contributed by atoms with Gasteiger partial charge in [0.25, 0.3) is 0 Å². The Kier molecular flexibility index (Phi) is 4.97. The summed E-state index contributed by atoms with van der Waals surface area (Å²) in [5.41, 5.74) is 3.55. The number of likely N-dealkylation sites (N-methyl/N-ethyl adjacent to an activating group) is 1. The van der Waals surface area contributed by atoms with Crippen molar-refractivity contribution in [3.05, 3.63) is 29.1 Å². The number of aromatic nitrogens is 1. The molecule has 1 saturated heterocycles. The molecular weight excluding hydrogens is 288 g/mol. The second kappa shape index (κ2) is 6.97. The van der Waals surface area contributed by atoms with Crippen LogP contribution in [0.3, 0.4) is 0 Å². The summed E-state index contributed by atoms with van der Waals surface area (Å²) in [4.78, 5) is 23.9. The fraction of sp³-hybridized carbons (Fsp3) is 0.667. The lowest BCUT2D eigenvalue weighted by molar-refractivity contribution is -0.133. The first-order valence-electron chi connectivity index (χ1n) is 8.70. The van der Waals surface area contributed by atoms with E-state index in [1.807, 2.05) is 4.90 Å². The third-order valence-corrected chi connectivity index (χ3v) is 4.97. The number of carbonyl (C=O) groups is 1. The third-order valence-electron chi connectivity index (χ3n) is 4.97. The first-order valence-corrected chi connectivity index (χ1v) is 8.70. The summed E-state index contributed by atoms with van der Waals surface area (Å²) in [6.45, 7) is 10.5. The van der Waals surface area contributed by atoms with Crippen molar-refractivity contribution in [3.63, 3.8) is 0 Å². The highest BCUT2D eigenvalue weighted by Crippen LogP contribution is 2.21. The zero-order valence-corrected chi connectivity index (χ0v) is 14.6. The molecule has 0 radical (unpaired) electrons. The summed E-state index contributed by atoms with van der Waals surface area (Å²) in [6.07, 6.45) is 0.879. The Morgan fingerprint density at radius 3 is 2.61 bits per heavy atom. The predicted octanol–water partition coefficient (Wildman–Crippen LogP) is 1.34. The Balaban J connectivity index is 1.59. The van der Waals surface area contributed by atoms with E-state index in [9.17, 15) is 4.79 Å². The number of nitrogens with zero attached hydrogens (tertiary/aromatic N) is 4. The van der Waals surface area contributed by atoms with Crippen molar-refractivity contribution in [3.8, 4) is 0 Å². The summed E-state index contributed by atoms with van der Waals surface area (Å²) >= 11 is 0. The highest BCUT2D eigenvalue weighted by Gasteiger charge is 2.24. The molecule has 0 aromatic carbocycles. The zero-order chi connectivity index (χ0) is 16.4. The van der Waals surface area contributed by atoms with Crippen LogP contribution in [0.15, 0.2) is 12.1 Å². The quantitative estimate of drug-likeness (QED) is 0.844. The SMILES string of the molecule is CC(C)c1ccc2c(n1)CCN(C(=O)CN1CCN(C)CC1)C2. The molecule has 2 aliphatic heterocycles. The van der Waals surface area contributed by atoms with Gasteiger partial charge in [-0.05, 0) is 24.6 Å². The summed E-state index contributed by atoms with van der Waals surface area (Å²) in [5.74, 6) is 0.713. The van der Waals surface area contributed by atoms with Crippen molar-refractivity contribution in [2.75, 3.05) is 46.3 Å². The van der Waals surface area contributed by atoms with Gasteiger partial charge in [0, 0.05) is 57.1 Å². The van der Waals surface area contributed by atoms with E-state index in [4.69, 9.17) is 4.98 Å². The molecule has 1 aromatic heterocycles. The van der Waals surface area contributed by atoms with E-state index in [1.54, 1.807) is 0 Å². The number of hydrogen-bond acceptors (Lipinski definition) is 4. The van der Waals surface area contributed by atoms with Gasteiger partial charge in [0.1, 0.15) is 0 Å². The van der Waals surface area contributed by atoms with Crippen LogP contribution in [0.25, 0.3) is 0 Å². The van der Waals surface area contributed by atoms with Gasteiger partial charge in [-0.25, -0.2) is 0 Å². The van der Waals surface area contributed by atoms with Crippen LogP contribution in [0.2, 0.25) is 0 Å². The monoisotopic (exact) mass is 316 g/mol. The van der Waals surface area contributed by atoms with Gasteiger partial charge in [-0.2, -0.15) is 0 Å². The predicted molar refractivity (Wildman–Crippen MR) is 91.4 cm³/mol. The Morgan fingerprint density at radius 2 is 1.91 bits per heavy atom. The number of carbonyl (C=O) groups excluding carboxylic acids is 1. The number of pyridine rings is 1. The summed E-state index contributed by atoms with van der Waals surface area (Å²) in [5, 5.41) is 0. The van der Waals surface area contributed by atoms with Crippen molar-refractivity contribution >= 4 is 5.91 Å². The van der Waals surface area contributed by atoms with Crippen LogP contribution >= 0.6 is 0 Å². The van der Waals surface area contributed by atoms with Crippen molar-refractivity contribution in [1.29, 1.82) is 0 Å². The maximum Gasteiger partial charge on any atom is 0.237 e. The van der Waals surface area contributed by atoms with E-state index in [-0.39, 0.29) is 5.91 Å². The second-order valence-corrected chi connectivity index (χ2v) is 7.14. The molecule has 0 spiro atoms. The minimum atomic E-state index is 0.258. The molecule has 0 aliphatic carbocycles. The van der Waals surface area contributed by atoms with E-state index < -0.39 is 0 Å². The number of fused-ring (bicyclic) bond motifs is 1. The van der Waals surface area contributed by atoms with Gasteiger partial charge >= 0.3 is 0 Å². The van der Waals surface area contributed by atoms with Gasteiger partial charge in [0.2, 0.25) is 5.91 Å². The highest BCUT2D eigenvalue weighted by atomic mass is 16.2. The molecule has 3 heterocycles. The molecule has 0 saturated carbocycles. The van der Waals surface area contributed by atoms with Crippen LogP contribution in [-0.2, 0) is 17.8 Å². The maximum atomic E-state index is 12.6. The second-order valence-electron chi connectivity index (χ2n) is 7.14. The van der Waals surface area contributed by atoms with Crippen LogP contribution in [-0.4, -0.2) is 71.9 Å². The van der Waals surface area contributed by atoms with Gasteiger partial charge in [-0.1, -0.05) is 19.9 Å². The van der Waals surface area contributed by atoms with E-state index in [1.165, 1.54) is 11.3 Å². The molecule has 0 bridgehead atoms. The zero-order valence-electron chi connectivity index (χ0n) is 14.6. The van der Waals surface area contributed by atoms with E-state index in [0.29, 0.717) is 19.0 Å². The van der Waals surface area contributed by atoms with Gasteiger partial charge in [0.05, 0.1) is 6.54 Å². The molecule has 0 N–H and O–H groups in total. The molecule has 2 aliphatic rings. The lowest BCUT2D eigenvalue weighted by Crippen LogP contribution is -2.49. The van der Waals surface area contributed by atoms with E-state index >= 15 is 0 Å². The molecule has 3 rings (SSSR count). The van der Waals surface area contributed by atoms with Crippen molar-refractivity contribution in [2.45, 2.75) is 32.7 Å². The lowest BCUT2D eigenvalue weighted by Gasteiger charge is -2.34. The molecule has 1 fully saturated rings. The number of amides is 1. The first kappa shape index (κ1) is 16.4. The minimum absolute atomic E-state index is 0.258. The van der Waals surface area contributed by atoms with Crippen LogP contribution in [0.5, 0.6) is 0 Å². The Hall–Kier alpha value is -1.46. The van der Waals surface area contributed by atoms with Gasteiger partial charge in [0.15, 0.2) is 0 Å². The van der Waals surface area contributed by atoms with E-state index in [0.717, 1.165) is 44.8 Å². The molecule has 5 nitrogen and oxygen atoms in total. The largest absolute Gasteiger partial charge is 0.337 e. The molecule has 1 amide bonds. The van der Waals surface area contributed by atoms with E-state index in [2.05, 4.69) is 42.8 Å². The van der Waals surface area contributed by atoms with Crippen LogP contribution in [0.4, 0.5) is 0 Å². The average molecular weight is 316 g/mol. The highest BCUT2D eigenvalue weighted by molar-refractivity contribution is 5.78. The normalized spacial score (nSPS) is 19.9. The average Bonchev–Trinajstić information content (AvgIpc) is 2.55. The Labute approximate surface area is 139 Å². The summed E-state index contributed by atoms with van der Waals surface area (Å²) in [7, 11) is 2.14. The van der Waals surface area contributed by atoms with Gasteiger partial charge < -0.3 is 9.80 Å². The van der Waals surface area contributed by atoms with Crippen LogP contribution < -0.4 is 0 Å². The topological polar surface area (TPSA) is 39.7 Å². The third kappa shape index (κ3) is 3.90. The molecule has 23 heavy (non-hydrogen) atoms. The lowest BCUT2D eigenvalue weighted by atomic mass is 10.0. The molecule has 0 unspecified atom stereocenters. The molecule has 1 aromatic rings. The Bertz CT molecular complexity index is 564. The number of piperazine rings is 1. The smallest absolute Gasteiger partial charge is 0.237 e. The fourth-order valence-corrected chi connectivity index (χ4v) is 3.26. The standard InChI is InChI=1S/C18H28N4O/c1-14(2)16-5-4-15-12-22(7-6-17(15)19-16)18(23)13-21-10-8-20(3)9-11-21/h4-5,14H,6-13H2,1-3H3. The molecule has 126 valence electrons. The van der Waals surface area contributed by atoms with Crippen molar-refractivity contribution in [1.82, 2.24) is 19.7 Å². The minimum Gasteiger partial charge on any atom is -0.337 e. The molecular formula is C18H28N4O. The van der Waals surface area contributed by atoms with Crippen molar-refractivity contribution in [2.24, 2.45) is 0 Å². The molecule has 5 heteroatoms. The number of hydrogen-bond donors (Lipinski definition) is 0. The molecule has 0 atom stereocenters. The summed E-state index contributed by atoms with van der Waals surface area (Å²) in [6, 6.07) is 4.27. The van der Waals surface area contributed by atoms with Gasteiger partial charge in [-0.3, -0.25) is 14.7 Å². The first-order chi connectivity index (χ1) is 11.0. The van der Waals surface area contributed by atoms with Gasteiger partial charge in [-0.15, -0.1) is 0 Å². The van der Waals surface area contributed by atoms with Crippen LogP contribution in [0, 0.1) is 0 Å². The van der Waals surface area contributed by atoms with Crippen molar-refractivity contribution < 1.29 is 4.79 Å².